The minimum absolute atomic E-state index is 0.125. The highest BCUT2D eigenvalue weighted by Gasteiger charge is 2.49. The molecule has 24 heavy (non-hydrogen) atoms. The summed E-state index contributed by atoms with van der Waals surface area (Å²) in [5, 5.41) is 0. The Labute approximate surface area is 145 Å². The predicted molar refractivity (Wildman–Crippen MR) is 95.6 cm³/mol. The summed E-state index contributed by atoms with van der Waals surface area (Å²) in [6.45, 7) is 8.47. The Hall–Kier alpha value is -1.39. The molecule has 1 aromatic carbocycles. The number of carbonyl (C=O) groups is 1. The van der Waals surface area contributed by atoms with Crippen molar-refractivity contribution >= 4 is 5.91 Å². The second kappa shape index (κ2) is 6.16. The Morgan fingerprint density at radius 1 is 1.08 bits per heavy atom. The molecule has 0 bridgehead atoms. The molecule has 4 nitrogen and oxygen atoms in total. The highest BCUT2D eigenvalue weighted by molar-refractivity contribution is 5.84. The summed E-state index contributed by atoms with van der Waals surface area (Å²) in [5.41, 5.74) is 1.43. The quantitative estimate of drug-likeness (QED) is 0.852. The van der Waals surface area contributed by atoms with E-state index in [2.05, 4.69) is 65.9 Å². The zero-order valence-electron chi connectivity index (χ0n) is 15.1. The van der Waals surface area contributed by atoms with Gasteiger partial charge in [-0.1, -0.05) is 30.3 Å². The van der Waals surface area contributed by atoms with E-state index in [-0.39, 0.29) is 6.04 Å². The molecule has 3 fully saturated rings. The third-order valence-electron chi connectivity index (χ3n) is 6.34. The minimum Gasteiger partial charge on any atom is -0.339 e. The second-order valence-corrected chi connectivity index (χ2v) is 8.10. The van der Waals surface area contributed by atoms with Crippen LogP contribution in [0.1, 0.15) is 31.9 Å². The van der Waals surface area contributed by atoms with Gasteiger partial charge in [0.25, 0.3) is 0 Å². The highest BCUT2D eigenvalue weighted by atomic mass is 16.2. The van der Waals surface area contributed by atoms with Crippen molar-refractivity contribution in [3.05, 3.63) is 35.9 Å². The lowest BCUT2D eigenvalue weighted by atomic mass is 9.90. The molecule has 0 N–H and O–H groups in total. The van der Waals surface area contributed by atoms with E-state index in [1.807, 2.05) is 0 Å². The van der Waals surface area contributed by atoms with Gasteiger partial charge in [0.2, 0.25) is 5.91 Å². The normalized spacial score (nSPS) is 34.5. The van der Waals surface area contributed by atoms with Crippen LogP contribution in [-0.2, 0) is 4.79 Å². The van der Waals surface area contributed by atoms with Crippen molar-refractivity contribution in [3.8, 4) is 0 Å². The van der Waals surface area contributed by atoms with Gasteiger partial charge in [0.1, 0.15) is 0 Å². The van der Waals surface area contributed by atoms with E-state index in [0.717, 1.165) is 32.6 Å². The molecule has 3 saturated heterocycles. The molecule has 4 rings (SSSR count). The Bertz CT molecular complexity index is 602. The Morgan fingerprint density at radius 3 is 2.50 bits per heavy atom. The molecule has 1 amide bonds. The van der Waals surface area contributed by atoms with Crippen LogP contribution >= 0.6 is 0 Å². The molecule has 0 aliphatic carbocycles. The summed E-state index contributed by atoms with van der Waals surface area (Å²) in [4.78, 5) is 19.8. The van der Waals surface area contributed by atoms with Gasteiger partial charge in [-0.3, -0.25) is 14.6 Å². The molecule has 1 aromatic rings. The van der Waals surface area contributed by atoms with E-state index in [4.69, 9.17) is 0 Å². The summed E-state index contributed by atoms with van der Waals surface area (Å²) in [5.74, 6) is 1.70. The van der Waals surface area contributed by atoms with Crippen LogP contribution < -0.4 is 0 Å². The summed E-state index contributed by atoms with van der Waals surface area (Å²) in [7, 11) is 2.25. The van der Waals surface area contributed by atoms with Gasteiger partial charge in [0.05, 0.1) is 6.04 Å². The van der Waals surface area contributed by atoms with Gasteiger partial charge in [0.15, 0.2) is 0 Å². The first-order valence-corrected chi connectivity index (χ1v) is 9.36. The molecule has 3 heterocycles. The number of rotatable bonds is 3. The van der Waals surface area contributed by atoms with Gasteiger partial charge in [-0.25, -0.2) is 0 Å². The van der Waals surface area contributed by atoms with Gasteiger partial charge in [0, 0.05) is 38.3 Å². The average Bonchev–Trinajstić information content (AvgIpc) is 3.19. The van der Waals surface area contributed by atoms with Crippen LogP contribution in [0.5, 0.6) is 0 Å². The van der Waals surface area contributed by atoms with Gasteiger partial charge in [-0.2, -0.15) is 0 Å². The molecule has 4 heteroatoms. The maximum absolute atomic E-state index is 12.7. The van der Waals surface area contributed by atoms with Gasteiger partial charge >= 0.3 is 0 Å². The Morgan fingerprint density at radius 2 is 1.83 bits per heavy atom. The first kappa shape index (κ1) is 16.1. The van der Waals surface area contributed by atoms with Crippen LogP contribution in [0, 0.1) is 11.8 Å². The first-order chi connectivity index (χ1) is 11.6. The fraction of sp³-hybridized carbons (Fsp3) is 0.650. The molecule has 3 aliphatic heterocycles. The predicted octanol–water partition coefficient (Wildman–Crippen LogP) is 2.23. The van der Waals surface area contributed by atoms with E-state index in [9.17, 15) is 4.79 Å². The van der Waals surface area contributed by atoms with E-state index in [0.29, 0.717) is 29.8 Å². The van der Waals surface area contributed by atoms with Crippen LogP contribution in [0.4, 0.5) is 0 Å². The lowest BCUT2D eigenvalue weighted by Crippen LogP contribution is -2.43. The summed E-state index contributed by atoms with van der Waals surface area (Å²) < 4.78 is 0. The monoisotopic (exact) mass is 327 g/mol. The second-order valence-electron chi connectivity index (χ2n) is 8.10. The van der Waals surface area contributed by atoms with Crippen molar-refractivity contribution in [1.82, 2.24) is 14.7 Å². The molecule has 0 radical (unpaired) electrons. The molecular formula is C20H29N3O. The maximum atomic E-state index is 12.7. The number of fused-ring (bicyclic) bond motifs is 1. The fourth-order valence-electron chi connectivity index (χ4n) is 5.24. The average molecular weight is 327 g/mol. The van der Waals surface area contributed by atoms with Crippen molar-refractivity contribution in [3.63, 3.8) is 0 Å². The van der Waals surface area contributed by atoms with Gasteiger partial charge < -0.3 is 4.90 Å². The van der Waals surface area contributed by atoms with E-state index < -0.39 is 0 Å². The molecule has 130 valence electrons. The van der Waals surface area contributed by atoms with Crippen LogP contribution in [0.25, 0.3) is 0 Å². The van der Waals surface area contributed by atoms with E-state index in [1.165, 1.54) is 5.56 Å². The number of carbonyl (C=O) groups excluding carboxylic acids is 1. The van der Waals surface area contributed by atoms with Crippen molar-refractivity contribution in [2.75, 3.05) is 33.2 Å². The highest BCUT2D eigenvalue weighted by Crippen LogP contribution is 2.45. The minimum atomic E-state index is 0.125. The summed E-state index contributed by atoms with van der Waals surface area (Å²) in [6, 6.07) is 11.8. The summed E-state index contributed by atoms with van der Waals surface area (Å²) in [6.07, 6.45) is 1.00. The van der Waals surface area contributed by atoms with Crippen LogP contribution in [0.3, 0.4) is 0 Å². The molecule has 3 aliphatic rings. The number of nitrogens with zero attached hydrogens (tertiary/aromatic N) is 3. The summed E-state index contributed by atoms with van der Waals surface area (Å²) >= 11 is 0. The van der Waals surface area contributed by atoms with Gasteiger partial charge in [-0.15, -0.1) is 0 Å². The fourth-order valence-corrected chi connectivity index (χ4v) is 5.24. The van der Waals surface area contributed by atoms with E-state index >= 15 is 0 Å². The number of hydrogen-bond donors (Lipinski definition) is 0. The number of hydrogen-bond acceptors (Lipinski definition) is 3. The van der Waals surface area contributed by atoms with Crippen LogP contribution in [0.15, 0.2) is 30.3 Å². The number of amides is 1. The first-order valence-electron chi connectivity index (χ1n) is 9.36. The Balaban J connectivity index is 1.50. The third-order valence-corrected chi connectivity index (χ3v) is 6.34. The SMILES string of the molecule is CC(C)N1CC[C@H](N2C[C@@H]3CN(C)[C@@H](c4ccccc4)[C@H]3C2)C1=O. The number of likely N-dealkylation sites (tertiary alicyclic amines) is 3. The van der Waals surface area contributed by atoms with E-state index in [1.54, 1.807) is 0 Å². The molecule has 4 atom stereocenters. The smallest absolute Gasteiger partial charge is 0.240 e. The number of benzene rings is 1. The van der Waals surface area contributed by atoms with Crippen LogP contribution in [-0.4, -0.2) is 65.9 Å². The van der Waals surface area contributed by atoms with Gasteiger partial charge in [-0.05, 0) is 44.7 Å². The molecule has 0 spiro atoms. The lowest BCUT2D eigenvalue weighted by Gasteiger charge is -2.29. The zero-order chi connectivity index (χ0) is 16.8. The van der Waals surface area contributed by atoms with Crippen molar-refractivity contribution in [1.29, 1.82) is 0 Å². The zero-order valence-corrected chi connectivity index (χ0v) is 15.1. The maximum Gasteiger partial charge on any atom is 0.240 e. The van der Waals surface area contributed by atoms with Crippen molar-refractivity contribution in [2.45, 2.75) is 38.4 Å². The van der Waals surface area contributed by atoms with Crippen molar-refractivity contribution < 1.29 is 4.79 Å². The Kier molecular flexibility index (Phi) is 4.13. The lowest BCUT2D eigenvalue weighted by molar-refractivity contribution is -0.133. The largest absolute Gasteiger partial charge is 0.339 e. The molecule has 0 saturated carbocycles. The topological polar surface area (TPSA) is 26.8 Å². The standard InChI is InChI=1S/C20H29N3O/c1-14(2)23-10-9-18(20(23)24)22-12-16-11-21(3)19(17(16)13-22)15-7-5-4-6-8-15/h4-8,14,16-19H,9-13H2,1-3H3/t16-,17-,18-,19-/m0/s1. The van der Waals surface area contributed by atoms with Crippen LogP contribution in [0.2, 0.25) is 0 Å². The van der Waals surface area contributed by atoms with Crippen molar-refractivity contribution in [2.24, 2.45) is 11.8 Å². The molecular weight excluding hydrogens is 298 g/mol. The third kappa shape index (κ3) is 2.56. The molecule has 0 unspecified atom stereocenters. The molecule has 0 aromatic heterocycles.